The normalized spacial score (nSPS) is 11.7. The van der Waals surface area contributed by atoms with Gasteiger partial charge in [-0.1, -0.05) is 53.7 Å². The third kappa shape index (κ3) is 3.84. The predicted molar refractivity (Wildman–Crippen MR) is 94.0 cm³/mol. The molecule has 0 N–H and O–H groups in total. The van der Waals surface area contributed by atoms with E-state index in [1.807, 2.05) is 66.7 Å². The van der Waals surface area contributed by atoms with Crippen molar-refractivity contribution in [2.75, 3.05) is 6.61 Å². The molecule has 0 spiro atoms. The molecule has 4 heteroatoms. The number of hydrogen-bond acceptors (Lipinski definition) is 4. The van der Waals surface area contributed by atoms with Gasteiger partial charge in [0.25, 0.3) is 0 Å². The maximum absolute atomic E-state index is 11.4. The predicted octanol–water partition coefficient (Wildman–Crippen LogP) is 4.56. The van der Waals surface area contributed by atoms with Crippen LogP contribution in [-0.4, -0.2) is 11.6 Å². The average molecular weight is 318 g/mol. The standard InChI is InChI=1S/C20H18N2O2/c23-22-20(17-8-6-13-21-15-17)19-11-5-4-7-16(19)12-14-24-18-9-2-1-3-10-18/h1-11,13,15,20H,12,14H2. The Kier molecular flexibility index (Phi) is 5.30. The molecule has 1 unspecified atom stereocenters. The van der Waals surface area contributed by atoms with E-state index in [1.165, 1.54) is 0 Å². The van der Waals surface area contributed by atoms with Gasteiger partial charge in [0.2, 0.25) is 0 Å². The van der Waals surface area contributed by atoms with Crippen molar-refractivity contribution in [1.29, 1.82) is 0 Å². The lowest BCUT2D eigenvalue weighted by Crippen LogP contribution is -2.07. The Morgan fingerprint density at radius 1 is 0.958 bits per heavy atom. The van der Waals surface area contributed by atoms with E-state index in [2.05, 4.69) is 10.2 Å². The Bertz CT molecular complexity index is 776. The Morgan fingerprint density at radius 3 is 2.50 bits per heavy atom. The number of aromatic nitrogens is 1. The van der Waals surface area contributed by atoms with Crippen LogP contribution in [-0.2, 0) is 6.42 Å². The van der Waals surface area contributed by atoms with E-state index in [0.29, 0.717) is 13.0 Å². The summed E-state index contributed by atoms with van der Waals surface area (Å²) in [5.74, 6) is 0.840. The molecule has 0 fully saturated rings. The summed E-state index contributed by atoms with van der Waals surface area (Å²) in [7, 11) is 0. The molecule has 0 aliphatic carbocycles. The lowest BCUT2D eigenvalue weighted by atomic mass is 9.95. The summed E-state index contributed by atoms with van der Waals surface area (Å²) < 4.78 is 5.76. The van der Waals surface area contributed by atoms with Crippen molar-refractivity contribution in [2.45, 2.75) is 12.5 Å². The molecular formula is C20H18N2O2. The van der Waals surface area contributed by atoms with Crippen molar-refractivity contribution in [3.63, 3.8) is 0 Å². The number of benzene rings is 2. The molecule has 0 saturated carbocycles. The van der Waals surface area contributed by atoms with Crippen molar-refractivity contribution >= 4 is 0 Å². The second-order valence-electron chi connectivity index (χ2n) is 5.40. The monoisotopic (exact) mass is 318 g/mol. The second-order valence-corrected chi connectivity index (χ2v) is 5.40. The summed E-state index contributed by atoms with van der Waals surface area (Å²) in [4.78, 5) is 15.5. The van der Waals surface area contributed by atoms with E-state index >= 15 is 0 Å². The summed E-state index contributed by atoms with van der Waals surface area (Å²) in [5.41, 5.74) is 2.75. The minimum Gasteiger partial charge on any atom is -0.493 e. The first-order valence-electron chi connectivity index (χ1n) is 7.86. The molecule has 0 bridgehead atoms. The number of para-hydroxylation sites is 1. The molecule has 24 heavy (non-hydrogen) atoms. The fraction of sp³-hybridized carbons (Fsp3) is 0.150. The maximum Gasteiger partial charge on any atom is 0.144 e. The molecule has 3 aromatic rings. The van der Waals surface area contributed by atoms with Crippen molar-refractivity contribution in [3.8, 4) is 5.75 Å². The number of ether oxygens (including phenoxy) is 1. The highest BCUT2D eigenvalue weighted by atomic mass is 16.5. The highest BCUT2D eigenvalue weighted by Crippen LogP contribution is 2.28. The summed E-state index contributed by atoms with van der Waals surface area (Å²) >= 11 is 0. The van der Waals surface area contributed by atoms with Crippen LogP contribution in [0.4, 0.5) is 0 Å². The van der Waals surface area contributed by atoms with Crippen LogP contribution in [0.5, 0.6) is 5.75 Å². The van der Waals surface area contributed by atoms with Crippen LogP contribution in [0.25, 0.3) is 0 Å². The molecule has 0 aliphatic heterocycles. The van der Waals surface area contributed by atoms with Crippen molar-refractivity contribution in [2.24, 2.45) is 5.18 Å². The Balaban J connectivity index is 1.76. The van der Waals surface area contributed by atoms with Gasteiger partial charge in [-0.2, -0.15) is 0 Å². The van der Waals surface area contributed by atoms with E-state index in [0.717, 1.165) is 22.4 Å². The zero-order valence-corrected chi connectivity index (χ0v) is 13.2. The van der Waals surface area contributed by atoms with Crippen LogP contribution >= 0.6 is 0 Å². The molecular weight excluding hydrogens is 300 g/mol. The minimum absolute atomic E-state index is 0.541. The molecule has 4 nitrogen and oxygen atoms in total. The van der Waals surface area contributed by atoms with Gasteiger partial charge < -0.3 is 4.74 Å². The third-order valence-corrected chi connectivity index (χ3v) is 3.84. The van der Waals surface area contributed by atoms with Crippen molar-refractivity contribution in [3.05, 3.63) is 101 Å². The molecule has 0 radical (unpaired) electrons. The minimum atomic E-state index is -0.549. The fourth-order valence-corrected chi connectivity index (χ4v) is 2.66. The van der Waals surface area contributed by atoms with E-state index in [1.54, 1.807) is 12.4 Å². The van der Waals surface area contributed by atoms with Gasteiger partial charge in [-0.3, -0.25) is 4.98 Å². The lowest BCUT2D eigenvalue weighted by Gasteiger charge is -2.15. The van der Waals surface area contributed by atoms with E-state index in [4.69, 9.17) is 4.74 Å². The lowest BCUT2D eigenvalue weighted by molar-refractivity contribution is 0.321. The highest BCUT2D eigenvalue weighted by Gasteiger charge is 2.18. The summed E-state index contributed by atoms with van der Waals surface area (Å²) in [6, 6.07) is 20.7. The first-order valence-corrected chi connectivity index (χ1v) is 7.86. The van der Waals surface area contributed by atoms with Gasteiger partial charge in [-0.15, -0.1) is 4.91 Å². The first-order chi connectivity index (χ1) is 11.9. The van der Waals surface area contributed by atoms with Gasteiger partial charge in [0.1, 0.15) is 11.8 Å². The van der Waals surface area contributed by atoms with Crippen molar-refractivity contribution in [1.82, 2.24) is 4.98 Å². The largest absolute Gasteiger partial charge is 0.493 e. The molecule has 1 atom stereocenters. The number of hydrogen-bond donors (Lipinski definition) is 0. The number of nitroso groups, excluding NO2 is 1. The highest BCUT2D eigenvalue weighted by molar-refractivity contribution is 5.37. The molecule has 0 aliphatic rings. The zero-order chi connectivity index (χ0) is 16.6. The molecule has 0 amide bonds. The summed E-state index contributed by atoms with van der Waals surface area (Å²) in [6.45, 7) is 0.541. The average Bonchev–Trinajstić information content (AvgIpc) is 2.65. The number of pyridine rings is 1. The Labute approximate surface area is 141 Å². The van der Waals surface area contributed by atoms with Gasteiger partial charge in [0.05, 0.1) is 6.61 Å². The topological polar surface area (TPSA) is 51.5 Å². The van der Waals surface area contributed by atoms with E-state index in [9.17, 15) is 4.91 Å². The maximum atomic E-state index is 11.4. The van der Waals surface area contributed by atoms with Crippen LogP contribution in [0, 0.1) is 4.91 Å². The molecule has 0 saturated heterocycles. The smallest absolute Gasteiger partial charge is 0.144 e. The molecule has 1 aromatic heterocycles. The molecule has 2 aromatic carbocycles. The summed E-state index contributed by atoms with van der Waals surface area (Å²) in [6.07, 6.45) is 4.08. The van der Waals surface area contributed by atoms with Gasteiger partial charge >= 0.3 is 0 Å². The van der Waals surface area contributed by atoms with E-state index in [-0.39, 0.29) is 0 Å². The zero-order valence-electron chi connectivity index (χ0n) is 13.2. The van der Waals surface area contributed by atoms with Gasteiger partial charge in [-0.25, -0.2) is 0 Å². The van der Waals surface area contributed by atoms with Crippen molar-refractivity contribution < 1.29 is 4.74 Å². The van der Waals surface area contributed by atoms with Crippen LogP contribution in [0.3, 0.4) is 0 Å². The van der Waals surface area contributed by atoms with Crippen LogP contribution in [0.1, 0.15) is 22.7 Å². The molecule has 3 rings (SSSR count). The van der Waals surface area contributed by atoms with Gasteiger partial charge in [0, 0.05) is 24.4 Å². The SMILES string of the molecule is O=NC(c1cccnc1)c1ccccc1CCOc1ccccc1. The second kappa shape index (κ2) is 8.02. The number of rotatable bonds is 7. The number of nitrogens with zero attached hydrogens (tertiary/aromatic N) is 2. The third-order valence-electron chi connectivity index (χ3n) is 3.84. The van der Waals surface area contributed by atoms with Gasteiger partial charge in [-0.05, 0) is 29.3 Å². The quantitative estimate of drug-likeness (QED) is 0.600. The van der Waals surface area contributed by atoms with Gasteiger partial charge in [0.15, 0.2) is 0 Å². The van der Waals surface area contributed by atoms with Crippen LogP contribution in [0.15, 0.2) is 84.3 Å². The van der Waals surface area contributed by atoms with Crippen LogP contribution in [0.2, 0.25) is 0 Å². The Morgan fingerprint density at radius 2 is 1.75 bits per heavy atom. The van der Waals surface area contributed by atoms with E-state index < -0.39 is 6.04 Å². The fourth-order valence-electron chi connectivity index (χ4n) is 2.66. The molecule has 1 heterocycles. The van der Waals surface area contributed by atoms with Crippen LogP contribution < -0.4 is 4.74 Å². The summed E-state index contributed by atoms with van der Waals surface area (Å²) in [5, 5.41) is 3.32. The first kappa shape index (κ1) is 15.9. The molecule has 120 valence electrons. The Hall–Kier alpha value is -3.01.